The van der Waals surface area contributed by atoms with Crippen molar-refractivity contribution in [3.05, 3.63) is 45.8 Å². The summed E-state index contributed by atoms with van der Waals surface area (Å²) in [6.07, 6.45) is 2.62. The Hall–Kier alpha value is -3.33. The summed E-state index contributed by atoms with van der Waals surface area (Å²) in [7, 11) is 3.08. The zero-order valence-electron chi connectivity index (χ0n) is 20.7. The lowest BCUT2D eigenvalue weighted by molar-refractivity contribution is -0.111. The number of benzene rings is 1. The molecular formula is C25H32N2O6S. The second-order valence-corrected chi connectivity index (χ2v) is 8.65. The Morgan fingerprint density at radius 3 is 2.29 bits per heavy atom. The lowest BCUT2D eigenvalue weighted by atomic mass is 10.1. The van der Waals surface area contributed by atoms with E-state index in [0.29, 0.717) is 35.0 Å². The van der Waals surface area contributed by atoms with Crippen LogP contribution in [-0.2, 0) is 9.53 Å². The van der Waals surface area contributed by atoms with Crippen LogP contribution in [0.5, 0.6) is 11.5 Å². The molecule has 1 aromatic carbocycles. The van der Waals surface area contributed by atoms with E-state index < -0.39 is 11.9 Å². The van der Waals surface area contributed by atoms with Gasteiger partial charge in [-0.25, -0.2) is 4.79 Å². The summed E-state index contributed by atoms with van der Waals surface area (Å²) in [5.74, 6) is -0.0977. The smallest absolute Gasteiger partial charge is 0.341 e. The molecule has 0 spiro atoms. The minimum absolute atomic E-state index is 0.188. The molecule has 0 aliphatic rings. The highest BCUT2D eigenvalue weighted by atomic mass is 32.1. The molecule has 0 unspecified atom stereocenters. The number of hydrogen-bond acceptors (Lipinski definition) is 7. The predicted octanol–water partition coefficient (Wildman–Crippen LogP) is 4.77. The number of nitrogens with zero attached hydrogens (tertiary/aromatic N) is 1. The number of esters is 1. The van der Waals surface area contributed by atoms with Crippen molar-refractivity contribution in [3.8, 4) is 11.5 Å². The third kappa shape index (κ3) is 6.38. The average molecular weight is 489 g/mol. The van der Waals surface area contributed by atoms with Crippen LogP contribution in [0.1, 0.15) is 58.9 Å². The van der Waals surface area contributed by atoms with Gasteiger partial charge in [-0.1, -0.05) is 6.07 Å². The summed E-state index contributed by atoms with van der Waals surface area (Å²) in [5, 5.41) is 3.02. The molecule has 1 aromatic heterocycles. The third-order valence-electron chi connectivity index (χ3n) is 5.01. The van der Waals surface area contributed by atoms with Crippen molar-refractivity contribution in [1.29, 1.82) is 0 Å². The standard InChI is InChI=1S/C25H32N2O6S/c1-8-27(9-2)24(29)22-16(5)21(25(30)33-15(3)4)23(34-22)26-20(28)13-11-17-10-12-18(31-6)19(14-17)32-7/h10-15H,8-9H2,1-7H3,(H,26,28). The molecule has 1 N–H and O–H groups in total. The van der Waals surface area contributed by atoms with Crippen LogP contribution in [0, 0.1) is 6.92 Å². The molecule has 9 heteroatoms. The van der Waals surface area contributed by atoms with Gasteiger partial charge in [-0.05, 0) is 64.0 Å². The van der Waals surface area contributed by atoms with Gasteiger partial charge in [0.2, 0.25) is 5.91 Å². The van der Waals surface area contributed by atoms with Gasteiger partial charge in [0.15, 0.2) is 11.5 Å². The number of carbonyl (C=O) groups excluding carboxylic acids is 3. The molecule has 2 rings (SSSR count). The Morgan fingerprint density at radius 2 is 1.74 bits per heavy atom. The van der Waals surface area contributed by atoms with E-state index in [0.717, 1.165) is 16.9 Å². The first-order valence-electron chi connectivity index (χ1n) is 11.0. The van der Waals surface area contributed by atoms with E-state index >= 15 is 0 Å². The molecule has 8 nitrogen and oxygen atoms in total. The SMILES string of the molecule is CCN(CC)C(=O)c1sc(NC(=O)C=Cc2ccc(OC)c(OC)c2)c(C(=O)OC(C)C)c1C. The van der Waals surface area contributed by atoms with Crippen molar-refractivity contribution >= 4 is 40.2 Å². The molecule has 0 radical (unpaired) electrons. The normalized spacial score (nSPS) is 10.9. The molecule has 0 fully saturated rings. The number of carbonyl (C=O) groups is 3. The van der Waals surface area contributed by atoms with Crippen LogP contribution in [0.25, 0.3) is 6.08 Å². The second-order valence-electron chi connectivity index (χ2n) is 7.63. The number of rotatable bonds is 10. The van der Waals surface area contributed by atoms with E-state index in [-0.39, 0.29) is 22.6 Å². The minimum atomic E-state index is -0.582. The first-order chi connectivity index (χ1) is 16.2. The first kappa shape index (κ1) is 26.9. The summed E-state index contributed by atoms with van der Waals surface area (Å²) < 4.78 is 15.9. The van der Waals surface area contributed by atoms with Crippen molar-refractivity contribution in [3.63, 3.8) is 0 Å². The molecule has 184 valence electrons. The highest BCUT2D eigenvalue weighted by molar-refractivity contribution is 7.18. The fraction of sp³-hybridized carbons (Fsp3) is 0.400. The molecule has 0 saturated heterocycles. The number of nitrogens with one attached hydrogen (secondary N) is 1. The van der Waals surface area contributed by atoms with Gasteiger partial charge in [-0.15, -0.1) is 11.3 Å². The largest absolute Gasteiger partial charge is 0.493 e. The second kappa shape index (κ2) is 12.2. The van der Waals surface area contributed by atoms with Gasteiger partial charge < -0.3 is 24.4 Å². The van der Waals surface area contributed by atoms with Gasteiger partial charge in [0.1, 0.15) is 5.00 Å². The molecule has 1 heterocycles. The van der Waals surface area contributed by atoms with Gasteiger partial charge in [-0.2, -0.15) is 0 Å². The van der Waals surface area contributed by atoms with Crippen molar-refractivity contribution in [2.24, 2.45) is 0 Å². The Morgan fingerprint density at radius 1 is 1.09 bits per heavy atom. The number of thiophene rings is 1. The summed E-state index contributed by atoms with van der Waals surface area (Å²) in [6, 6.07) is 5.26. The molecule has 34 heavy (non-hydrogen) atoms. The summed E-state index contributed by atoms with van der Waals surface area (Å²) >= 11 is 1.08. The highest BCUT2D eigenvalue weighted by Crippen LogP contribution is 2.35. The van der Waals surface area contributed by atoms with Crippen LogP contribution in [-0.4, -0.2) is 56.1 Å². The van der Waals surface area contributed by atoms with Crippen molar-refractivity contribution in [2.45, 2.75) is 40.7 Å². The van der Waals surface area contributed by atoms with Crippen LogP contribution >= 0.6 is 11.3 Å². The molecule has 0 aliphatic heterocycles. The van der Waals surface area contributed by atoms with Crippen molar-refractivity contribution in [1.82, 2.24) is 4.90 Å². The molecular weight excluding hydrogens is 456 g/mol. The minimum Gasteiger partial charge on any atom is -0.493 e. The maximum absolute atomic E-state index is 13.0. The number of hydrogen-bond donors (Lipinski definition) is 1. The zero-order valence-corrected chi connectivity index (χ0v) is 21.5. The van der Waals surface area contributed by atoms with Crippen molar-refractivity contribution < 1.29 is 28.6 Å². The Bertz CT molecular complexity index is 1070. The monoisotopic (exact) mass is 488 g/mol. The van der Waals surface area contributed by atoms with E-state index in [1.54, 1.807) is 57.1 Å². The quantitative estimate of drug-likeness (QED) is 0.382. The molecule has 2 amide bonds. The van der Waals surface area contributed by atoms with Crippen LogP contribution < -0.4 is 14.8 Å². The van der Waals surface area contributed by atoms with E-state index in [4.69, 9.17) is 14.2 Å². The Balaban J connectivity index is 2.36. The summed E-state index contributed by atoms with van der Waals surface area (Å²) in [4.78, 5) is 40.6. The number of anilines is 1. The molecule has 0 atom stereocenters. The molecule has 0 aliphatic carbocycles. The van der Waals surface area contributed by atoms with Gasteiger partial charge in [0.05, 0.1) is 30.8 Å². The zero-order chi connectivity index (χ0) is 25.4. The van der Waals surface area contributed by atoms with Crippen LogP contribution in [0.15, 0.2) is 24.3 Å². The van der Waals surface area contributed by atoms with Crippen LogP contribution in [0.3, 0.4) is 0 Å². The molecule has 0 bridgehead atoms. The maximum Gasteiger partial charge on any atom is 0.341 e. The van der Waals surface area contributed by atoms with E-state index in [9.17, 15) is 14.4 Å². The van der Waals surface area contributed by atoms with Gasteiger partial charge in [0.25, 0.3) is 5.91 Å². The lowest BCUT2D eigenvalue weighted by Gasteiger charge is -2.18. The third-order valence-corrected chi connectivity index (χ3v) is 6.21. The number of amides is 2. The van der Waals surface area contributed by atoms with Gasteiger partial charge in [-0.3, -0.25) is 9.59 Å². The maximum atomic E-state index is 13.0. The fourth-order valence-electron chi connectivity index (χ4n) is 3.26. The summed E-state index contributed by atoms with van der Waals surface area (Å²) in [5.41, 5.74) is 1.42. The lowest BCUT2D eigenvalue weighted by Crippen LogP contribution is -2.30. The Kier molecular flexibility index (Phi) is 9.68. The number of ether oxygens (including phenoxy) is 3. The van der Waals surface area contributed by atoms with Gasteiger partial charge >= 0.3 is 5.97 Å². The Labute approximate surface area is 204 Å². The fourth-order valence-corrected chi connectivity index (χ4v) is 4.43. The predicted molar refractivity (Wildman–Crippen MR) is 134 cm³/mol. The first-order valence-corrected chi connectivity index (χ1v) is 11.8. The topological polar surface area (TPSA) is 94.2 Å². The summed E-state index contributed by atoms with van der Waals surface area (Å²) in [6.45, 7) is 10.0. The van der Waals surface area contributed by atoms with Gasteiger partial charge in [0, 0.05) is 19.2 Å². The van der Waals surface area contributed by atoms with E-state index in [1.807, 2.05) is 13.8 Å². The highest BCUT2D eigenvalue weighted by Gasteiger charge is 2.28. The van der Waals surface area contributed by atoms with E-state index in [1.165, 1.54) is 13.2 Å². The molecule has 2 aromatic rings. The number of methoxy groups -OCH3 is 2. The molecule has 0 saturated carbocycles. The average Bonchev–Trinajstić information content (AvgIpc) is 3.13. The van der Waals surface area contributed by atoms with E-state index in [2.05, 4.69) is 5.32 Å². The van der Waals surface area contributed by atoms with Crippen LogP contribution in [0.2, 0.25) is 0 Å². The van der Waals surface area contributed by atoms with Crippen molar-refractivity contribution in [2.75, 3.05) is 32.6 Å². The van der Waals surface area contributed by atoms with Crippen LogP contribution in [0.4, 0.5) is 5.00 Å².